The van der Waals surface area contributed by atoms with Crippen LogP contribution in [0.15, 0.2) is 6.07 Å². The Labute approximate surface area is 103 Å². The van der Waals surface area contributed by atoms with Gasteiger partial charge >= 0.3 is 6.18 Å². The lowest BCUT2D eigenvalue weighted by atomic mass is 10.4. The maximum atomic E-state index is 12.4. The Morgan fingerprint density at radius 3 is 2.56 bits per heavy atom. The second-order valence-corrected chi connectivity index (χ2v) is 3.67. The largest absolute Gasteiger partial charge is 0.405 e. The number of nitrogens with one attached hydrogen (secondary N) is 1. The fourth-order valence-corrected chi connectivity index (χ4v) is 1.45. The fraction of sp³-hybridized carbons (Fsp3) is 0.600. The molecular weight excluding hydrogens is 249 g/mol. The van der Waals surface area contributed by atoms with Crippen LogP contribution in [0.5, 0.6) is 0 Å². The number of rotatable bonds is 5. The summed E-state index contributed by atoms with van der Waals surface area (Å²) >= 11 is 0. The van der Waals surface area contributed by atoms with E-state index in [2.05, 4.69) is 15.3 Å². The zero-order valence-electron chi connectivity index (χ0n) is 10.1. The zero-order valence-corrected chi connectivity index (χ0v) is 10.1. The summed E-state index contributed by atoms with van der Waals surface area (Å²) in [7, 11) is 1.62. The summed E-state index contributed by atoms with van der Waals surface area (Å²) in [5, 5.41) is 11.6. The fourth-order valence-electron chi connectivity index (χ4n) is 1.45. The van der Waals surface area contributed by atoms with Crippen molar-refractivity contribution in [2.24, 2.45) is 0 Å². The third-order valence-electron chi connectivity index (χ3n) is 2.14. The smallest absolute Gasteiger partial charge is 0.395 e. The molecule has 1 heterocycles. The van der Waals surface area contributed by atoms with E-state index in [9.17, 15) is 13.2 Å². The Hall–Kier alpha value is -1.57. The molecule has 0 atom stereocenters. The van der Waals surface area contributed by atoms with Crippen LogP contribution in [-0.2, 0) is 0 Å². The highest BCUT2D eigenvalue weighted by Gasteiger charge is 2.31. The normalized spacial score (nSPS) is 11.4. The average molecular weight is 264 g/mol. The van der Waals surface area contributed by atoms with Gasteiger partial charge in [-0.2, -0.15) is 13.2 Å². The van der Waals surface area contributed by atoms with Crippen LogP contribution in [-0.4, -0.2) is 48.0 Å². The van der Waals surface area contributed by atoms with Crippen LogP contribution in [0.25, 0.3) is 0 Å². The average Bonchev–Trinajstić information content (AvgIpc) is 2.26. The standard InChI is InChI=1S/C10H15F3N4O/c1-7-15-8(14-2)5-9(16-7)17(3-4-18)6-10(11,12)13/h5,18H,3-4,6H2,1-2H3,(H,14,15,16). The molecule has 0 aliphatic heterocycles. The summed E-state index contributed by atoms with van der Waals surface area (Å²) < 4.78 is 37.2. The molecule has 1 rings (SSSR count). The lowest BCUT2D eigenvalue weighted by Crippen LogP contribution is -2.37. The monoisotopic (exact) mass is 264 g/mol. The number of aliphatic hydroxyl groups excluding tert-OH is 1. The van der Waals surface area contributed by atoms with Gasteiger partial charge in [0.05, 0.1) is 6.61 Å². The first-order valence-electron chi connectivity index (χ1n) is 5.31. The van der Waals surface area contributed by atoms with Gasteiger partial charge in [0.25, 0.3) is 0 Å². The Bertz CT molecular complexity index is 397. The Morgan fingerprint density at radius 1 is 1.39 bits per heavy atom. The molecule has 0 spiro atoms. The highest BCUT2D eigenvalue weighted by Crippen LogP contribution is 2.22. The molecular formula is C10H15F3N4O. The number of hydrogen-bond acceptors (Lipinski definition) is 5. The van der Waals surface area contributed by atoms with Crippen molar-refractivity contribution in [3.05, 3.63) is 11.9 Å². The molecule has 0 fully saturated rings. The number of aliphatic hydroxyl groups is 1. The Morgan fingerprint density at radius 2 is 2.06 bits per heavy atom. The van der Waals surface area contributed by atoms with Crippen LogP contribution < -0.4 is 10.2 Å². The Balaban J connectivity index is 3.01. The second-order valence-electron chi connectivity index (χ2n) is 3.67. The minimum Gasteiger partial charge on any atom is -0.395 e. The summed E-state index contributed by atoms with van der Waals surface area (Å²) in [5.74, 6) is 0.933. The van der Waals surface area contributed by atoms with Gasteiger partial charge in [-0.05, 0) is 6.92 Å². The van der Waals surface area contributed by atoms with Gasteiger partial charge in [0.15, 0.2) is 0 Å². The predicted molar refractivity (Wildman–Crippen MR) is 61.7 cm³/mol. The van der Waals surface area contributed by atoms with E-state index in [1.165, 1.54) is 6.07 Å². The molecule has 0 aliphatic carbocycles. The summed E-state index contributed by atoms with van der Waals surface area (Å²) in [6.07, 6.45) is -4.35. The summed E-state index contributed by atoms with van der Waals surface area (Å²) in [6, 6.07) is 1.41. The number of anilines is 2. The van der Waals surface area contributed by atoms with Gasteiger partial charge in [-0.3, -0.25) is 0 Å². The molecule has 0 saturated carbocycles. The van der Waals surface area contributed by atoms with Crippen molar-refractivity contribution < 1.29 is 18.3 Å². The highest BCUT2D eigenvalue weighted by atomic mass is 19.4. The molecule has 102 valence electrons. The topological polar surface area (TPSA) is 61.3 Å². The first-order valence-corrected chi connectivity index (χ1v) is 5.31. The number of aryl methyl sites for hydroxylation is 1. The first-order chi connectivity index (χ1) is 8.35. The predicted octanol–water partition coefficient (Wildman–Crippen LogP) is 1.19. The van der Waals surface area contributed by atoms with Gasteiger partial charge in [-0.15, -0.1) is 0 Å². The van der Waals surface area contributed by atoms with Crippen molar-refractivity contribution in [3.63, 3.8) is 0 Å². The molecule has 1 aromatic heterocycles. The lowest BCUT2D eigenvalue weighted by molar-refractivity contribution is -0.120. The van der Waals surface area contributed by atoms with Crippen molar-refractivity contribution >= 4 is 11.6 Å². The van der Waals surface area contributed by atoms with Crippen molar-refractivity contribution in [1.29, 1.82) is 0 Å². The van der Waals surface area contributed by atoms with Crippen LogP contribution >= 0.6 is 0 Å². The van der Waals surface area contributed by atoms with E-state index in [4.69, 9.17) is 5.11 Å². The van der Waals surface area contributed by atoms with E-state index < -0.39 is 12.7 Å². The molecule has 0 saturated heterocycles. The molecule has 8 heteroatoms. The molecule has 5 nitrogen and oxygen atoms in total. The molecule has 1 aromatic rings. The number of alkyl halides is 3. The molecule has 18 heavy (non-hydrogen) atoms. The molecule has 0 bridgehead atoms. The molecule has 2 N–H and O–H groups in total. The maximum Gasteiger partial charge on any atom is 0.405 e. The highest BCUT2D eigenvalue weighted by molar-refractivity contribution is 5.49. The molecule has 0 amide bonds. The number of hydrogen-bond donors (Lipinski definition) is 2. The van der Waals surface area contributed by atoms with Gasteiger partial charge in [-0.25, -0.2) is 9.97 Å². The Kier molecular flexibility index (Phi) is 4.71. The number of nitrogens with zero attached hydrogens (tertiary/aromatic N) is 3. The van der Waals surface area contributed by atoms with E-state index in [-0.39, 0.29) is 19.0 Å². The van der Waals surface area contributed by atoms with Crippen molar-refractivity contribution in [3.8, 4) is 0 Å². The van der Waals surface area contributed by atoms with E-state index in [1.807, 2.05) is 0 Å². The van der Waals surface area contributed by atoms with Crippen LogP contribution in [0.4, 0.5) is 24.8 Å². The van der Waals surface area contributed by atoms with E-state index in [0.717, 1.165) is 4.90 Å². The molecule has 0 unspecified atom stereocenters. The quantitative estimate of drug-likeness (QED) is 0.836. The van der Waals surface area contributed by atoms with E-state index in [0.29, 0.717) is 11.6 Å². The zero-order chi connectivity index (χ0) is 13.8. The first kappa shape index (κ1) is 14.5. The van der Waals surface area contributed by atoms with Crippen molar-refractivity contribution in [2.45, 2.75) is 13.1 Å². The van der Waals surface area contributed by atoms with Gasteiger partial charge in [0.2, 0.25) is 0 Å². The SMILES string of the molecule is CNc1cc(N(CCO)CC(F)(F)F)nc(C)n1. The minimum absolute atomic E-state index is 0.137. The molecule has 0 radical (unpaired) electrons. The summed E-state index contributed by atoms with van der Waals surface area (Å²) in [6.45, 7) is -0.0879. The lowest BCUT2D eigenvalue weighted by Gasteiger charge is -2.24. The maximum absolute atomic E-state index is 12.4. The van der Waals surface area contributed by atoms with Gasteiger partial charge in [0, 0.05) is 19.7 Å². The minimum atomic E-state index is -4.35. The van der Waals surface area contributed by atoms with Crippen molar-refractivity contribution in [1.82, 2.24) is 9.97 Å². The van der Waals surface area contributed by atoms with Crippen LogP contribution in [0.1, 0.15) is 5.82 Å². The molecule has 0 aliphatic rings. The third kappa shape index (κ3) is 4.36. The number of halogens is 3. The van der Waals surface area contributed by atoms with Gasteiger partial charge in [0.1, 0.15) is 24.0 Å². The third-order valence-corrected chi connectivity index (χ3v) is 2.14. The van der Waals surface area contributed by atoms with Crippen LogP contribution in [0.3, 0.4) is 0 Å². The van der Waals surface area contributed by atoms with E-state index >= 15 is 0 Å². The number of aromatic nitrogens is 2. The second kappa shape index (κ2) is 5.85. The van der Waals surface area contributed by atoms with Crippen molar-refractivity contribution in [2.75, 3.05) is 37.0 Å². The molecule has 0 aromatic carbocycles. The van der Waals surface area contributed by atoms with E-state index in [1.54, 1.807) is 14.0 Å². The van der Waals surface area contributed by atoms with Crippen LogP contribution in [0, 0.1) is 6.92 Å². The van der Waals surface area contributed by atoms with Gasteiger partial charge < -0.3 is 15.3 Å². The van der Waals surface area contributed by atoms with Crippen LogP contribution in [0.2, 0.25) is 0 Å². The summed E-state index contributed by atoms with van der Waals surface area (Å²) in [5.41, 5.74) is 0. The summed E-state index contributed by atoms with van der Waals surface area (Å²) in [4.78, 5) is 8.92. The van der Waals surface area contributed by atoms with Gasteiger partial charge in [-0.1, -0.05) is 0 Å².